The monoisotopic (exact) mass is 264 g/mol. The largest absolute Gasteiger partial charge is 0.481 e. The van der Waals surface area contributed by atoms with Gasteiger partial charge in [-0.25, -0.2) is 4.68 Å². The topological polar surface area (TPSA) is 94.0 Å². The van der Waals surface area contributed by atoms with Gasteiger partial charge in [0.1, 0.15) is 5.76 Å². The molecule has 2 aromatic rings. The highest BCUT2D eigenvalue weighted by molar-refractivity contribution is 5.69. The fourth-order valence-corrected chi connectivity index (χ4v) is 1.66. The first-order valence-corrected chi connectivity index (χ1v) is 6.20. The van der Waals surface area contributed by atoms with Gasteiger partial charge in [0, 0.05) is 13.0 Å². The number of aromatic nitrogens is 4. The minimum absolute atomic E-state index is 0.431. The van der Waals surface area contributed by atoms with Crippen molar-refractivity contribution in [2.24, 2.45) is 5.92 Å². The van der Waals surface area contributed by atoms with E-state index in [-0.39, 0.29) is 0 Å². The molecule has 0 spiro atoms. The van der Waals surface area contributed by atoms with E-state index in [1.54, 1.807) is 11.6 Å². The maximum Gasteiger partial charge on any atom is 0.306 e. The molecular formula is C12H16N4O3. The van der Waals surface area contributed by atoms with Gasteiger partial charge in [-0.1, -0.05) is 13.8 Å². The highest BCUT2D eigenvalue weighted by atomic mass is 16.4. The van der Waals surface area contributed by atoms with Crippen molar-refractivity contribution in [3.05, 3.63) is 17.9 Å². The lowest BCUT2D eigenvalue weighted by atomic mass is 10.1. The molecule has 0 saturated heterocycles. The maximum absolute atomic E-state index is 10.8. The Morgan fingerprint density at radius 3 is 2.95 bits per heavy atom. The van der Waals surface area contributed by atoms with Crippen LogP contribution >= 0.6 is 0 Å². The number of carbonyl (C=O) groups is 1. The zero-order valence-electron chi connectivity index (χ0n) is 10.9. The normalized spacial score (nSPS) is 12.5. The van der Waals surface area contributed by atoms with Crippen molar-refractivity contribution in [2.45, 2.75) is 33.2 Å². The summed E-state index contributed by atoms with van der Waals surface area (Å²) in [5.74, 6) is 0.742. The van der Waals surface area contributed by atoms with Crippen LogP contribution in [0.15, 0.2) is 16.5 Å². The Morgan fingerprint density at radius 2 is 2.32 bits per heavy atom. The number of tetrazole rings is 1. The number of hydrogen-bond donors (Lipinski definition) is 1. The predicted octanol–water partition coefficient (Wildman–Crippen LogP) is 1.61. The molecule has 1 atom stereocenters. The smallest absolute Gasteiger partial charge is 0.306 e. The van der Waals surface area contributed by atoms with Crippen LogP contribution in [-0.4, -0.2) is 31.3 Å². The van der Waals surface area contributed by atoms with Gasteiger partial charge in [0.25, 0.3) is 0 Å². The molecule has 0 amide bonds. The molecule has 0 fully saturated rings. The van der Waals surface area contributed by atoms with Gasteiger partial charge >= 0.3 is 5.97 Å². The van der Waals surface area contributed by atoms with Crippen LogP contribution in [0.25, 0.3) is 11.6 Å². The average molecular weight is 264 g/mol. The molecule has 2 rings (SSSR count). The number of carboxylic acid groups (broad SMARTS) is 1. The van der Waals surface area contributed by atoms with Crippen molar-refractivity contribution in [2.75, 3.05) is 0 Å². The first-order chi connectivity index (χ1) is 9.11. The molecule has 102 valence electrons. The van der Waals surface area contributed by atoms with Gasteiger partial charge in [0.2, 0.25) is 5.82 Å². The Balaban J connectivity index is 2.11. The molecule has 0 aliphatic rings. The molecule has 2 aromatic heterocycles. The Bertz CT molecular complexity index is 561. The summed E-state index contributed by atoms with van der Waals surface area (Å²) in [6, 6.07) is 3.70. The molecule has 7 nitrogen and oxygen atoms in total. The SMILES string of the molecule is CCc1ccc(-c2nnnn2CCC(C)C(=O)O)o1. The van der Waals surface area contributed by atoms with Crippen molar-refractivity contribution < 1.29 is 14.3 Å². The first kappa shape index (κ1) is 13.3. The standard InChI is InChI=1S/C12H16N4O3/c1-3-9-4-5-10(19-9)11-13-14-15-16(11)7-6-8(2)12(17)18/h4-5,8H,3,6-7H2,1-2H3,(H,17,18). The lowest BCUT2D eigenvalue weighted by Crippen LogP contribution is -2.13. The molecule has 0 aliphatic heterocycles. The third-order valence-electron chi connectivity index (χ3n) is 2.96. The van der Waals surface area contributed by atoms with Gasteiger partial charge in [0.05, 0.1) is 5.92 Å². The molecule has 2 heterocycles. The molecule has 0 aromatic carbocycles. The number of aliphatic carboxylic acids is 1. The molecule has 0 bridgehead atoms. The quantitative estimate of drug-likeness (QED) is 0.851. The average Bonchev–Trinajstić information content (AvgIpc) is 3.03. The fraction of sp³-hybridized carbons (Fsp3) is 0.500. The van der Waals surface area contributed by atoms with Crippen molar-refractivity contribution in [1.29, 1.82) is 0 Å². The van der Waals surface area contributed by atoms with Crippen LogP contribution < -0.4 is 0 Å². The van der Waals surface area contributed by atoms with E-state index in [1.165, 1.54) is 0 Å². The minimum Gasteiger partial charge on any atom is -0.481 e. The molecule has 0 radical (unpaired) electrons. The molecule has 0 saturated carbocycles. The second-order valence-electron chi connectivity index (χ2n) is 4.37. The fourth-order valence-electron chi connectivity index (χ4n) is 1.66. The van der Waals surface area contributed by atoms with E-state index >= 15 is 0 Å². The number of aryl methyl sites for hydroxylation is 2. The summed E-state index contributed by atoms with van der Waals surface area (Å²) in [5, 5.41) is 20.2. The summed E-state index contributed by atoms with van der Waals surface area (Å²) >= 11 is 0. The number of furan rings is 1. The van der Waals surface area contributed by atoms with Crippen molar-refractivity contribution in [3.63, 3.8) is 0 Å². The van der Waals surface area contributed by atoms with Crippen molar-refractivity contribution >= 4 is 5.97 Å². The molecule has 1 N–H and O–H groups in total. The lowest BCUT2D eigenvalue weighted by molar-refractivity contribution is -0.141. The third kappa shape index (κ3) is 2.98. The zero-order valence-corrected chi connectivity index (χ0v) is 10.9. The van der Waals surface area contributed by atoms with Gasteiger partial charge in [-0.3, -0.25) is 4.79 Å². The Morgan fingerprint density at radius 1 is 1.53 bits per heavy atom. The predicted molar refractivity (Wildman–Crippen MR) is 66.3 cm³/mol. The second-order valence-corrected chi connectivity index (χ2v) is 4.37. The summed E-state index contributed by atoms with van der Waals surface area (Å²) in [6.45, 7) is 4.10. The van der Waals surface area contributed by atoms with E-state index in [4.69, 9.17) is 9.52 Å². The lowest BCUT2D eigenvalue weighted by Gasteiger charge is -2.06. The molecule has 19 heavy (non-hydrogen) atoms. The van der Waals surface area contributed by atoms with Gasteiger partial charge in [-0.15, -0.1) is 5.10 Å². The summed E-state index contributed by atoms with van der Waals surface area (Å²) < 4.78 is 7.16. The number of carboxylic acids is 1. The summed E-state index contributed by atoms with van der Waals surface area (Å²) in [4.78, 5) is 10.8. The number of rotatable bonds is 6. The summed E-state index contributed by atoms with van der Waals surface area (Å²) in [7, 11) is 0. The Hall–Kier alpha value is -2.18. The molecular weight excluding hydrogens is 248 g/mol. The Kier molecular flexibility index (Phi) is 3.94. The van der Waals surface area contributed by atoms with E-state index in [1.807, 2.05) is 19.1 Å². The highest BCUT2D eigenvalue weighted by Gasteiger charge is 2.16. The Labute approximate surface area is 110 Å². The van der Waals surface area contributed by atoms with Crippen LogP contribution in [0, 0.1) is 5.92 Å². The van der Waals surface area contributed by atoms with Crippen molar-refractivity contribution in [3.8, 4) is 11.6 Å². The van der Waals surface area contributed by atoms with Gasteiger partial charge < -0.3 is 9.52 Å². The van der Waals surface area contributed by atoms with Crippen LogP contribution in [0.5, 0.6) is 0 Å². The minimum atomic E-state index is -0.819. The maximum atomic E-state index is 10.8. The van der Waals surface area contributed by atoms with E-state index in [0.717, 1.165) is 12.2 Å². The van der Waals surface area contributed by atoms with Gasteiger partial charge in [-0.2, -0.15) is 0 Å². The van der Waals surface area contributed by atoms with E-state index < -0.39 is 11.9 Å². The van der Waals surface area contributed by atoms with Crippen LogP contribution in [-0.2, 0) is 17.8 Å². The van der Waals surface area contributed by atoms with Crippen LogP contribution in [0.3, 0.4) is 0 Å². The van der Waals surface area contributed by atoms with E-state index in [9.17, 15) is 4.79 Å². The second kappa shape index (κ2) is 5.64. The molecule has 0 aliphatic carbocycles. The van der Waals surface area contributed by atoms with Crippen LogP contribution in [0.1, 0.15) is 26.0 Å². The summed E-state index contributed by atoms with van der Waals surface area (Å²) in [6.07, 6.45) is 1.27. The van der Waals surface area contributed by atoms with E-state index in [2.05, 4.69) is 15.5 Å². The number of hydrogen-bond acceptors (Lipinski definition) is 5. The zero-order chi connectivity index (χ0) is 13.8. The van der Waals surface area contributed by atoms with Gasteiger partial charge in [-0.05, 0) is 29.0 Å². The number of nitrogens with zero attached hydrogens (tertiary/aromatic N) is 4. The van der Waals surface area contributed by atoms with Crippen LogP contribution in [0.4, 0.5) is 0 Å². The highest BCUT2D eigenvalue weighted by Crippen LogP contribution is 2.20. The third-order valence-corrected chi connectivity index (χ3v) is 2.96. The molecule has 1 unspecified atom stereocenters. The molecule has 7 heteroatoms. The van der Waals surface area contributed by atoms with Crippen LogP contribution in [0.2, 0.25) is 0 Å². The summed E-state index contributed by atoms with van der Waals surface area (Å²) in [5.41, 5.74) is 0. The van der Waals surface area contributed by atoms with Crippen molar-refractivity contribution in [1.82, 2.24) is 20.2 Å². The first-order valence-electron chi connectivity index (χ1n) is 6.20. The van der Waals surface area contributed by atoms with Gasteiger partial charge in [0.15, 0.2) is 5.76 Å². The van der Waals surface area contributed by atoms with E-state index in [0.29, 0.717) is 24.6 Å².